The summed E-state index contributed by atoms with van der Waals surface area (Å²) in [6.07, 6.45) is 0.993. The van der Waals surface area contributed by atoms with Crippen molar-refractivity contribution in [2.45, 2.75) is 20.3 Å². The van der Waals surface area contributed by atoms with Crippen LogP contribution in [0.4, 0.5) is 4.79 Å². The van der Waals surface area contributed by atoms with Crippen LogP contribution in [0.1, 0.15) is 20.3 Å². The highest BCUT2D eigenvalue weighted by Crippen LogP contribution is 2.16. The highest BCUT2D eigenvalue weighted by atomic mass is 16.3. The zero-order valence-corrected chi connectivity index (χ0v) is 8.34. The summed E-state index contributed by atoms with van der Waals surface area (Å²) in [5, 5.41) is 11.8. The van der Waals surface area contributed by atoms with Gasteiger partial charge in [0, 0.05) is 31.7 Å². The molecule has 1 aliphatic heterocycles. The van der Waals surface area contributed by atoms with Gasteiger partial charge in [0.15, 0.2) is 0 Å². The molecule has 0 atom stereocenters. The Balaban J connectivity index is 2.47. The van der Waals surface area contributed by atoms with Crippen LogP contribution in [0, 0.1) is 5.41 Å². The molecule has 1 aliphatic rings. The summed E-state index contributed by atoms with van der Waals surface area (Å²) in [4.78, 5) is 13.1. The predicted octanol–water partition coefficient (Wildman–Crippen LogP) is 0.420. The summed E-state index contributed by atoms with van der Waals surface area (Å²) in [5.41, 5.74) is -0.200. The number of aliphatic hydroxyl groups excluding tert-OH is 1. The fourth-order valence-electron chi connectivity index (χ4n) is 1.40. The van der Waals surface area contributed by atoms with Crippen LogP contribution in [0.25, 0.3) is 0 Å². The number of aliphatic hydroxyl groups is 1. The second-order valence-electron chi connectivity index (χ2n) is 4.33. The van der Waals surface area contributed by atoms with E-state index < -0.39 is 0 Å². The van der Waals surface area contributed by atoms with Crippen LogP contribution in [-0.4, -0.2) is 42.3 Å². The second kappa shape index (κ2) is 3.96. The standard InChI is InChI=1S/C9H18N2O2/c1-9(2,7-12)6-11-5-3-4-10-8(11)13/h12H,3-7H2,1-2H3,(H,10,13). The number of carbonyl (C=O) groups excluding carboxylic acids is 1. The van der Waals surface area contributed by atoms with E-state index >= 15 is 0 Å². The summed E-state index contributed by atoms with van der Waals surface area (Å²) in [7, 11) is 0. The van der Waals surface area contributed by atoms with Gasteiger partial charge in [0.25, 0.3) is 0 Å². The molecule has 13 heavy (non-hydrogen) atoms. The topological polar surface area (TPSA) is 52.6 Å². The van der Waals surface area contributed by atoms with Crippen molar-refractivity contribution in [1.29, 1.82) is 0 Å². The molecule has 0 unspecified atom stereocenters. The number of urea groups is 1. The molecule has 0 aliphatic carbocycles. The first-order valence-electron chi connectivity index (χ1n) is 4.69. The third-order valence-electron chi connectivity index (χ3n) is 2.22. The average molecular weight is 186 g/mol. The Morgan fingerprint density at radius 3 is 2.85 bits per heavy atom. The Bertz CT molecular complexity index is 192. The van der Waals surface area contributed by atoms with Crippen LogP contribution in [0.15, 0.2) is 0 Å². The van der Waals surface area contributed by atoms with E-state index in [0.717, 1.165) is 19.5 Å². The monoisotopic (exact) mass is 186 g/mol. The van der Waals surface area contributed by atoms with Crippen molar-refractivity contribution >= 4 is 6.03 Å². The lowest BCUT2D eigenvalue weighted by Crippen LogP contribution is -2.50. The zero-order chi connectivity index (χ0) is 9.90. The molecule has 0 aromatic rings. The quantitative estimate of drug-likeness (QED) is 0.671. The molecule has 0 spiro atoms. The van der Waals surface area contributed by atoms with Gasteiger partial charge in [-0.25, -0.2) is 4.79 Å². The van der Waals surface area contributed by atoms with Crippen LogP contribution in [0.3, 0.4) is 0 Å². The molecule has 0 aromatic heterocycles. The third kappa shape index (κ3) is 2.88. The molecular formula is C9H18N2O2. The first-order chi connectivity index (χ1) is 6.05. The second-order valence-corrected chi connectivity index (χ2v) is 4.33. The maximum Gasteiger partial charge on any atom is 0.317 e. The first kappa shape index (κ1) is 10.3. The summed E-state index contributed by atoms with van der Waals surface area (Å²) in [6, 6.07) is -0.00669. The molecule has 1 fully saturated rings. The lowest BCUT2D eigenvalue weighted by atomic mass is 9.94. The Hall–Kier alpha value is -0.770. The summed E-state index contributed by atoms with van der Waals surface area (Å²) >= 11 is 0. The molecule has 0 aromatic carbocycles. The summed E-state index contributed by atoms with van der Waals surface area (Å²) in [6.45, 7) is 6.21. The minimum atomic E-state index is -0.200. The van der Waals surface area contributed by atoms with Gasteiger partial charge in [-0.2, -0.15) is 0 Å². The van der Waals surface area contributed by atoms with Crippen molar-refractivity contribution in [3.05, 3.63) is 0 Å². The van der Waals surface area contributed by atoms with Crippen molar-refractivity contribution < 1.29 is 9.90 Å². The van der Waals surface area contributed by atoms with Gasteiger partial charge in [-0.3, -0.25) is 0 Å². The van der Waals surface area contributed by atoms with E-state index in [9.17, 15) is 4.79 Å². The Morgan fingerprint density at radius 2 is 2.31 bits per heavy atom. The number of nitrogens with one attached hydrogen (secondary N) is 1. The lowest BCUT2D eigenvalue weighted by molar-refractivity contribution is 0.106. The van der Waals surface area contributed by atoms with E-state index in [1.54, 1.807) is 4.90 Å². The van der Waals surface area contributed by atoms with Gasteiger partial charge in [-0.05, 0) is 6.42 Å². The molecule has 4 heteroatoms. The molecule has 0 radical (unpaired) electrons. The Labute approximate surface area is 78.9 Å². The van der Waals surface area contributed by atoms with Gasteiger partial charge in [0.1, 0.15) is 0 Å². The number of rotatable bonds is 3. The van der Waals surface area contributed by atoms with E-state index in [1.165, 1.54) is 0 Å². The highest BCUT2D eigenvalue weighted by Gasteiger charge is 2.25. The number of nitrogens with zero attached hydrogens (tertiary/aromatic N) is 1. The number of hydrogen-bond donors (Lipinski definition) is 2. The fourth-order valence-corrected chi connectivity index (χ4v) is 1.40. The number of amides is 2. The SMILES string of the molecule is CC(C)(CO)CN1CCCNC1=O. The summed E-state index contributed by atoms with van der Waals surface area (Å²) in [5.74, 6) is 0. The molecule has 0 saturated carbocycles. The van der Waals surface area contributed by atoms with Gasteiger partial charge in [0.05, 0.1) is 0 Å². The van der Waals surface area contributed by atoms with Crippen molar-refractivity contribution in [3.63, 3.8) is 0 Å². The van der Waals surface area contributed by atoms with Gasteiger partial charge in [0.2, 0.25) is 0 Å². The van der Waals surface area contributed by atoms with Crippen LogP contribution >= 0.6 is 0 Å². The van der Waals surface area contributed by atoms with E-state index in [-0.39, 0.29) is 18.1 Å². The van der Waals surface area contributed by atoms with Crippen molar-refractivity contribution in [3.8, 4) is 0 Å². The zero-order valence-electron chi connectivity index (χ0n) is 8.34. The highest BCUT2D eigenvalue weighted by molar-refractivity contribution is 5.74. The van der Waals surface area contributed by atoms with E-state index in [2.05, 4.69) is 5.32 Å². The lowest BCUT2D eigenvalue weighted by Gasteiger charge is -2.33. The van der Waals surface area contributed by atoms with Crippen LogP contribution < -0.4 is 5.32 Å². The molecule has 0 bridgehead atoms. The maximum absolute atomic E-state index is 11.3. The maximum atomic E-state index is 11.3. The van der Waals surface area contributed by atoms with E-state index in [4.69, 9.17) is 5.11 Å². The van der Waals surface area contributed by atoms with Crippen LogP contribution in [0.5, 0.6) is 0 Å². The van der Waals surface area contributed by atoms with Crippen LogP contribution in [-0.2, 0) is 0 Å². The molecule has 1 saturated heterocycles. The van der Waals surface area contributed by atoms with Gasteiger partial charge in [-0.15, -0.1) is 0 Å². The molecular weight excluding hydrogens is 168 g/mol. The van der Waals surface area contributed by atoms with Crippen molar-refractivity contribution in [2.75, 3.05) is 26.2 Å². The predicted molar refractivity (Wildman–Crippen MR) is 50.5 cm³/mol. The summed E-state index contributed by atoms with van der Waals surface area (Å²) < 4.78 is 0. The van der Waals surface area contributed by atoms with E-state index in [1.807, 2.05) is 13.8 Å². The first-order valence-corrected chi connectivity index (χ1v) is 4.69. The van der Waals surface area contributed by atoms with E-state index in [0.29, 0.717) is 6.54 Å². The molecule has 2 amide bonds. The van der Waals surface area contributed by atoms with Gasteiger partial charge in [-0.1, -0.05) is 13.8 Å². The van der Waals surface area contributed by atoms with Crippen molar-refractivity contribution in [2.24, 2.45) is 5.41 Å². The number of carbonyl (C=O) groups is 1. The normalized spacial score (nSPS) is 18.7. The fraction of sp³-hybridized carbons (Fsp3) is 0.889. The largest absolute Gasteiger partial charge is 0.396 e. The van der Waals surface area contributed by atoms with Crippen LogP contribution in [0.2, 0.25) is 0 Å². The molecule has 1 heterocycles. The van der Waals surface area contributed by atoms with Gasteiger partial charge >= 0.3 is 6.03 Å². The minimum absolute atomic E-state index is 0.00669. The minimum Gasteiger partial charge on any atom is -0.396 e. The molecule has 4 nitrogen and oxygen atoms in total. The third-order valence-corrected chi connectivity index (χ3v) is 2.22. The number of hydrogen-bond acceptors (Lipinski definition) is 2. The molecule has 76 valence electrons. The van der Waals surface area contributed by atoms with Crippen molar-refractivity contribution in [1.82, 2.24) is 10.2 Å². The molecule has 1 rings (SSSR count). The average Bonchev–Trinajstić information content (AvgIpc) is 2.09. The smallest absolute Gasteiger partial charge is 0.317 e. The Morgan fingerprint density at radius 1 is 1.62 bits per heavy atom. The van der Waals surface area contributed by atoms with Gasteiger partial charge < -0.3 is 15.3 Å². The molecule has 2 N–H and O–H groups in total. The Kier molecular flexibility index (Phi) is 3.14.